The second-order valence-electron chi connectivity index (χ2n) is 8.07. The molecule has 4 nitrogen and oxygen atoms in total. The van der Waals surface area contributed by atoms with E-state index >= 15 is 0 Å². The number of nitrogen functional groups attached to an aromatic ring is 1. The van der Waals surface area contributed by atoms with Crippen LogP contribution in [0.5, 0.6) is 0 Å². The molecule has 1 saturated heterocycles. The predicted molar refractivity (Wildman–Crippen MR) is 125 cm³/mol. The van der Waals surface area contributed by atoms with Crippen LogP contribution < -0.4 is 16.0 Å². The molecule has 4 heteroatoms. The third-order valence-corrected chi connectivity index (χ3v) is 5.91. The van der Waals surface area contributed by atoms with Gasteiger partial charge in [0.2, 0.25) is 0 Å². The number of nitrogens with zero attached hydrogens (tertiary/aromatic N) is 1. The first-order valence-corrected chi connectivity index (χ1v) is 10.7. The first kappa shape index (κ1) is 20.0. The van der Waals surface area contributed by atoms with Crippen molar-refractivity contribution in [2.45, 2.75) is 25.7 Å². The Bertz CT molecular complexity index is 969. The van der Waals surface area contributed by atoms with E-state index in [1.807, 2.05) is 30.3 Å². The molecule has 0 aliphatic carbocycles. The van der Waals surface area contributed by atoms with Crippen LogP contribution in [-0.4, -0.2) is 19.0 Å². The lowest BCUT2D eigenvalue weighted by Crippen LogP contribution is -2.20. The third-order valence-electron chi connectivity index (χ3n) is 5.91. The van der Waals surface area contributed by atoms with Crippen LogP contribution in [0, 0.1) is 5.92 Å². The molecule has 0 unspecified atom stereocenters. The van der Waals surface area contributed by atoms with Crippen molar-refractivity contribution in [1.82, 2.24) is 0 Å². The predicted octanol–water partition coefficient (Wildman–Crippen LogP) is 5.37. The molecule has 1 fully saturated rings. The Kier molecular flexibility index (Phi) is 6.33. The van der Waals surface area contributed by atoms with Gasteiger partial charge in [0.05, 0.1) is 11.4 Å². The fourth-order valence-electron chi connectivity index (χ4n) is 4.17. The molecule has 3 aromatic rings. The minimum Gasteiger partial charge on any atom is -0.397 e. The van der Waals surface area contributed by atoms with Crippen molar-refractivity contribution in [2.75, 3.05) is 29.0 Å². The minimum atomic E-state index is -0.139. The lowest BCUT2D eigenvalue weighted by Gasteiger charge is -2.19. The van der Waals surface area contributed by atoms with Crippen LogP contribution in [0.4, 0.5) is 17.1 Å². The second-order valence-corrected chi connectivity index (χ2v) is 8.07. The molecule has 0 bridgehead atoms. The lowest BCUT2D eigenvalue weighted by atomic mass is 9.99. The van der Waals surface area contributed by atoms with Gasteiger partial charge in [0.15, 0.2) is 0 Å². The summed E-state index contributed by atoms with van der Waals surface area (Å²) in [6.07, 6.45) is 4.91. The molecule has 0 radical (unpaired) electrons. The third kappa shape index (κ3) is 5.01. The number of para-hydroxylation sites is 2. The van der Waals surface area contributed by atoms with E-state index in [1.165, 1.54) is 30.5 Å². The molecule has 154 valence electrons. The molecule has 0 aromatic heterocycles. The average Bonchev–Trinajstić information content (AvgIpc) is 3.25. The number of aryl methyl sites for hydroxylation is 1. The summed E-state index contributed by atoms with van der Waals surface area (Å²) in [5.41, 5.74) is 10.4. The highest BCUT2D eigenvalue weighted by Gasteiger charge is 2.22. The summed E-state index contributed by atoms with van der Waals surface area (Å²) in [6, 6.07) is 25.9. The Morgan fingerprint density at radius 2 is 1.70 bits per heavy atom. The number of rotatable bonds is 7. The Morgan fingerprint density at radius 3 is 2.47 bits per heavy atom. The topological polar surface area (TPSA) is 58.4 Å². The number of anilines is 3. The van der Waals surface area contributed by atoms with Crippen molar-refractivity contribution in [3.63, 3.8) is 0 Å². The van der Waals surface area contributed by atoms with Crippen LogP contribution in [0.2, 0.25) is 0 Å². The van der Waals surface area contributed by atoms with Gasteiger partial charge in [0.25, 0.3) is 5.91 Å². The van der Waals surface area contributed by atoms with E-state index in [-0.39, 0.29) is 5.91 Å². The van der Waals surface area contributed by atoms with Gasteiger partial charge in [0.1, 0.15) is 0 Å². The summed E-state index contributed by atoms with van der Waals surface area (Å²) < 4.78 is 0. The Labute approximate surface area is 178 Å². The van der Waals surface area contributed by atoms with Crippen LogP contribution in [-0.2, 0) is 6.42 Å². The summed E-state index contributed by atoms with van der Waals surface area (Å²) in [7, 11) is 0. The number of carbonyl (C=O) groups is 1. The molecule has 3 aromatic carbocycles. The smallest absolute Gasteiger partial charge is 0.255 e. The number of hydrogen-bond donors (Lipinski definition) is 2. The summed E-state index contributed by atoms with van der Waals surface area (Å²) in [5, 5.41) is 2.88. The van der Waals surface area contributed by atoms with Crippen molar-refractivity contribution >= 4 is 23.0 Å². The van der Waals surface area contributed by atoms with E-state index in [2.05, 4.69) is 52.7 Å². The first-order valence-electron chi connectivity index (χ1n) is 10.7. The summed E-state index contributed by atoms with van der Waals surface area (Å²) in [4.78, 5) is 14.9. The number of amides is 1. The number of nitrogens with one attached hydrogen (secondary N) is 1. The summed E-state index contributed by atoms with van der Waals surface area (Å²) >= 11 is 0. The highest BCUT2D eigenvalue weighted by atomic mass is 16.1. The Hall–Kier alpha value is -3.27. The number of benzene rings is 3. The quantitative estimate of drug-likeness (QED) is 0.525. The summed E-state index contributed by atoms with van der Waals surface area (Å²) in [6.45, 7) is 2.18. The maximum atomic E-state index is 12.5. The van der Waals surface area contributed by atoms with Gasteiger partial charge in [-0.05, 0) is 73.6 Å². The maximum Gasteiger partial charge on any atom is 0.255 e. The van der Waals surface area contributed by atoms with Gasteiger partial charge >= 0.3 is 0 Å². The fraction of sp³-hybridized carbons (Fsp3) is 0.269. The molecular formula is C26H29N3O. The van der Waals surface area contributed by atoms with E-state index in [4.69, 9.17) is 5.73 Å². The van der Waals surface area contributed by atoms with Crippen LogP contribution in [0.1, 0.15) is 35.2 Å². The Morgan fingerprint density at radius 1 is 0.967 bits per heavy atom. The molecule has 0 spiro atoms. The van der Waals surface area contributed by atoms with E-state index in [9.17, 15) is 4.79 Å². The molecule has 4 rings (SSSR count). The van der Waals surface area contributed by atoms with E-state index < -0.39 is 0 Å². The van der Waals surface area contributed by atoms with Gasteiger partial charge in [-0.1, -0.05) is 42.5 Å². The maximum absolute atomic E-state index is 12.5. The van der Waals surface area contributed by atoms with E-state index in [1.54, 1.807) is 6.07 Å². The molecular weight excluding hydrogens is 370 g/mol. The van der Waals surface area contributed by atoms with Crippen molar-refractivity contribution in [1.29, 1.82) is 0 Å². The van der Waals surface area contributed by atoms with Crippen LogP contribution >= 0.6 is 0 Å². The van der Waals surface area contributed by atoms with Crippen LogP contribution in [0.3, 0.4) is 0 Å². The van der Waals surface area contributed by atoms with Crippen molar-refractivity contribution in [2.24, 2.45) is 5.92 Å². The molecule has 0 saturated carbocycles. The monoisotopic (exact) mass is 399 g/mol. The SMILES string of the molecule is Nc1ccccc1NC(=O)c1ccc(N2CC[C@H](CCCc3ccccc3)C2)cc1. The van der Waals surface area contributed by atoms with Gasteiger partial charge in [-0.2, -0.15) is 0 Å². The van der Waals surface area contributed by atoms with E-state index in [0.29, 0.717) is 16.9 Å². The molecule has 30 heavy (non-hydrogen) atoms. The normalized spacial score (nSPS) is 15.9. The molecule has 1 atom stereocenters. The largest absolute Gasteiger partial charge is 0.397 e. The van der Waals surface area contributed by atoms with Gasteiger partial charge in [-0.3, -0.25) is 4.79 Å². The molecule has 3 N–H and O–H groups in total. The van der Waals surface area contributed by atoms with Gasteiger partial charge in [-0.15, -0.1) is 0 Å². The van der Waals surface area contributed by atoms with Gasteiger partial charge in [0, 0.05) is 24.3 Å². The molecule has 1 aliphatic heterocycles. The fourth-order valence-corrected chi connectivity index (χ4v) is 4.17. The number of nitrogens with two attached hydrogens (primary N) is 1. The number of carbonyl (C=O) groups excluding carboxylic acids is 1. The van der Waals surface area contributed by atoms with E-state index in [0.717, 1.165) is 25.4 Å². The zero-order valence-corrected chi connectivity index (χ0v) is 17.3. The van der Waals surface area contributed by atoms with Crippen LogP contribution in [0.15, 0.2) is 78.9 Å². The van der Waals surface area contributed by atoms with Crippen molar-refractivity contribution in [3.05, 3.63) is 90.0 Å². The minimum absolute atomic E-state index is 0.139. The molecule has 1 heterocycles. The second kappa shape index (κ2) is 9.49. The zero-order valence-electron chi connectivity index (χ0n) is 17.3. The molecule has 1 amide bonds. The standard InChI is InChI=1S/C26H29N3O/c27-24-11-4-5-12-25(24)28-26(30)22-13-15-23(16-14-22)29-18-17-21(19-29)10-6-9-20-7-2-1-3-8-20/h1-5,7-8,11-16,21H,6,9-10,17-19,27H2,(H,28,30)/t21-/m0/s1. The first-order chi connectivity index (χ1) is 14.7. The summed E-state index contributed by atoms with van der Waals surface area (Å²) in [5.74, 6) is 0.609. The highest BCUT2D eigenvalue weighted by Crippen LogP contribution is 2.27. The van der Waals surface area contributed by atoms with Crippen molar-refractivity contribution in [3.8, 4) is 0 Å². The number of hydrogen-bond acceptors (Lipinski definition) is 3. The Balaban J connectivity index is 1.28. The van der Waals surface area contributed by atoms with Crippen molar-refractivity contribution < 1.29 is 4.79 Å². The molecule has 1 aliphatic rings. The van der Waals surface area contributed by atoms with Gasteiger partial charge in [-0.25, -0.2) is 0 Å². The van der Waals surface area contributed by atoms with Gasteiger partial charge < -0.3 is 16.0 Å². The lowest BCUT2D eigenvalue weighted by molar-refractivity contribution is 0.102. The van der Waals surface area contributed by atoms with Crippen LogP contribution in [0.25, 0.3) is 0 Å². The average molecular weight is 400 g/mol. The highest BCUT2D eigenvalue weighted by molar-refractivity contribution is 6.05. The zero-order chi connectivity index (χ0) is 20.8.